The number of nitrogens with zero attached hydrogens (tertiary/aromatic N) is 6. The molecule has 12 fully saturated rings. The maximum absolute atomic E-state index is 12.1. The minimum absolute atomic E-state index is 0.00482. The normalized spacial score (nSPS) is 36.8. The molecule has 18 unspecified atom stereocenters. The van der Waals surface area contributed by atoms with Crippen LogP contribution in [0.4, 0.5) is 0 Å². The second kappa shape index (κ2) is 33.3. The molecule has 12 aliphatic heterocycles. The molecular formula is C63H108N12O10S2. The van der Waals surface area contributed by atoms with Gasteiger partial charge in [0.05, 0.1) is 66.2 Å². The van der Waals surface area contributed by atoms with E-state index in [9.17, 15) is 43.2 Å². The smallest absolute Gasteiger partial charge is 0.238 e. The van der Waals surface area contributed by atoms with Crippen molar-refractivity contribution in [2.75, 3.05) is 80.0 Å². The van der Waals surface area contributed by atoms with E-state index in [2.05, 4.69) is 46.6 Å². The summed E-state index contributed by atoms with van der Waals surface area (Å²) in [4.78, 5) is 117. The average Bonchev–Trinajstić information content (AvgIpc) is 2.40. The van der Waals surface area contributed by atoms with Gasteiger partial charge >= 0.3 is 0 Å². The van der Waals surface area contributed by atoms with Crippen molar-refractivity contribution < 1.29 is 47.9 Å². The highest BCUT2D eigenvalue weighted by Crippen LogP contribution is 2.40. The lowest BCUT2D eigenvalue weighted by Gasteiger charge is -2.37. The summed E-state index contributed by atoms with van der Waals surface area (Å²) in [7, 11) is 11.6. The molecule has 6 N–H and O–H groups in total. The number of hydrogen-bond donors (Lipinski definition) is 6. The quantitative estimate of drug-likeness (QED) is 0.153. The fourth-order valence-electron chi connectivity index (χ4n) is 15.6. The Balaban J connectivity index is 0.000000149. The fraction of sp³-hybridized carbons (Fsp3) is 0.857. The van der Waals surface area contributed by atoms with E-state index in [-0.39, 0.29) is 83.6 Å². The molecular weight excluding hydrogens is 1150 g/mol. The van der Waals surface area contributed by atoms with Crippen molar-refractivity contribution in [3.05, 3.63) is 0 Å². The zero-order valence-corrected chi connectivity index (χ0v) is 56.1. The Hall–Kier alpha value is -3.27. The first-order chi connectivity index (χ1) is 41.6. The molecule has 0 spiro atoms. The Labute approximate surface area is 527 Å². The minimum atomic E-state index is -0.602. The van der Waals surface area contributed by atoms with Crippen molar-refractivity contribution in [1.82, 2.24) is 61.3 Å². The summed E-state index contributed by atoms with van der Waals surface area (Å²) in [5.41, 5.74) is 0. The number of nitrogens with one attached hydrogen (secondary N) is 6. The lowest BCUT2D eigenvalue weighted by atomic mass is 9.90. The molecule has 12 saturated heterocycles. The van der Waals surface area contributed by atoms with Crippen LogP contribution in [0.5, 0.6) is 0 Å². The zero-order valence-electron chi connectivity index (χ0n) is 54.4. The number of carbonyl (C=O) groups excluding carboxylic acids is 9. The summed E-state index contributed by atoms with van der Waals surface area (Å²) in [5.74, 6) is 2.54. The molecule has 22 nitrogen and oxygen atoms in total. The first kappa shape index (κ1) is 71.2. The predicted molar refractivity (Wildman–Crippen MR) is 339 cm³/mol. The first-order valence-corrected chi connectivity index (χ1v) is 34.9. The van der Waals surface area contributed by atoms with Gasteiger partial charge < -0.3 is 46.0 Å². The zero-order chi connectivity index (χ0) is 63.4. The van der Waals surface area contributed by atoms with Crippen molar-refractivity contribution in [2.45, 2.75) is 229 Å². The number of fused-ring (bicyclic) bond motifs is 6. The number of thioether (sulfide) groups is 2. The van der Waals surface area contributed by atoms with Crippen LogP contribution in [-0.2, 0) is 47.9 Å². The highest BCUT2D eigenvalue weighted by atomic mass is 32.2. The van der Waals surface area contributed by atoms with Gasteiger partial charge in [0.15, 0.2) is 0 Å². The second-order valence-corrected chi connectivity index (χ2v) is 28.5. The molecule has 12 rings (SSSR count). The summed E-state index contributed by atoms with van der Waals surface area (Å²) in [6.07, 6.45) is 20.8. The van der Waals surface area contributed by atoms with Gasteiger partial charge in [-0.2, -0.15) is 0 Å². The van der Waals surface area contributed by atoms with Crippen LogP contribution in [0.3, 0.4) is 0 Å². The fourth-order valence-corrected chi connectivity index (χ4v) is 18.5. The Morgan fingerprint density at radius 1 is 0.356 bits per heavy atom. The van der Waals surface area contributed by atoms with Gasteiger partial charge in [0.1, 0.15) is 46.8 Å². The molecule has 0 saturated carbocycles. The summed E-state index contributed by atoms with van der Waals surface area (Å²) >= 11 is 3.83. The van der Waals surface area contributed by atoms with Crippen molar-refractivity contribution in [3.8, 4) is 0 Å². The molecule has 87 heavy (non-hydrogen) atoms. The lowest BCUT2D eigenvalue weighted by molar-refractivity contribution is -0.171. The summed E-state index contributed by atoms with van der Waals surface area (Å²) < 4.78 is 5.52. The molecule has 0 radical (unpaired) electrons. The number of rotatable bonds is 12. The standard InChI is InChI=1S/C11H18N2O2.2C11H20N2O.C10H16N2O3.C10H16N2O2S.C10H18N2OS/c1-7(14)9-5-3-8-4-6-10(12-2)13(8)11(9)15;2*1-8(14)9-3-4-10-5-6-11(12-2)13(10)7-9;1-6(13)7-5-15-9-4-3-8(11-2)12(9)10(7)14;1-6(13)7-3-4-9-12(10(7)14)8(11-2)5-15-9;1-7(13)8-3-4-10-12(5-8)9(11-2)6-14-10/h8-10,12H,3-6H2,1-2H3;2*9-12H,3-7H2,1-2H3;2*7-9,11H,3-5H2,1-2H3;8-11H,3-6H2,1-2H3. The van der Waals surface area contributed by atoms with Gasteiger partial charge in [0.25, 0.3) is 0 Å². The van der Waals surface area contributed by atoms with Gasteiger partial charge in [-0.25, -0.2) is 0 Å². The van der Waals surface area contributed by atoms with E-state index in [1.165, 1.54) is 65.7 Å². The van der Waals surface area contributed by atoms with Gasteiger partial charge in [0.2, 0.25) is 17.7 Å². The molecule has 0 bridgehead atoms. The number of ether oxygens (including phenoxy) is 1. The number of carbonyl (C=O) groups is 9. The van der Waals surface area contributed by atoms with E-state index < -0.39 is 11.8 Å². The third-order valence-corrected chi connectivity index (χ3v) is 23.7. The third-order valence-electron chi connectivity index (χ3n) is 21.0. The van der Waals surface area contributed by atoms with E-state index in [4.69, 9.17) is 4.74 Å². The SMILES string of the molecule is CNC1CCC2CCC(C(C)=O)C(=O)N21.CNC1CCC2CCC(C(C)=O)CN21.CNC1CCC2CCC(C(C)=O)CN21.CNC1CCC2OCC(C(C)=O)C(=O)N12.CNC1CSC2CCC(C(C)=O)C(=O)N12.CNC1CSC2CCC(C(C)=O)CN12. The van der Waals surface area contributed by atoms with Crippen LogP contribution in [0.2, 0.25) is 0 Å². The molecule has 0 aromatic carbocycles. The van der Waals surface area contributed by atoms with Crippen LogP contribution < -0.4 is 31.9 Å². The monoisotopic (exact) mass is 1260 g/mol. The Morgan fingerprint density at radius 3 is 1.22 bits per heavy atom. The highest BCUT2D eigenvalue weighted by Gasteiger charge is 2.48. The number of Topliss-reactive ketones (excluding diaryl/α,β-unsaturated/α-hetero) is 6. The summed E-state index contributed by atoms with van der Waals surface area (Å²) in [6, 6.07) is 1.84. The van der Waals surface area contributed by atoms with Crippen LogP contribution in [0.15, 0.2) is 0 Å². The van der Waals surface area contributed by atoms with Crippen molar-refractivity contribution in [2.24, 2.45) is 35.5 Å². The molecule has 0 aromatic heterocycles. The molecule has 12 heterocycles. The van der Waals surface area contributed by atoms with E-state index in [0.29, 0.717) is 59.1 Å². The van der Waals surface area contributed by atoms with E-state index >= 15 is 0 Å². The van der Waals surface area contributed by atoms with Crippen LogP contribution in [-0.4, -0.2) is 234 Å². The van der Waals surface area contributed by atoms with E-state index in [1.807, 2.05) is 75.6 Å². The summed E-state index contributed by atoms with van der Waals surface area (Å²) in [5, 5.41) is 20.3. The van der Waals surface area contributed by atoms with Gasteiger partial charge in [-0.3, -0.25) is 63.2 Å². The molecule has 24 heteroatoms. The number of ketones is 6. The van der Waals surface area contributed by atoms with Gasteiger partial charge in [0, 0.05) is 67.0 Å². The molecule has 492 valence electrons. The molecule has 0 aliphatic carbocycles. The van der Waals surface area contributed by atoms with Gasteiger partial charge in [-0.15, -0.1) is 23.5 Å². The largest absolute Gasteiger partial charge is 0.357 e. The van der Waals surface area contributed by atoms with Gasteiger partial charge in [-0.1, -0.05) is 0 Å². The second-order valence-electron chi connectivity index (χ2n) is 26.1. The molecule has 12 aliphatic rings. The number of piperidine rings is 5. The first-order valence-electron chi connectivity index (χ1n) is 32.8. The van der Waals surface area contributed by atoms with Crippen molar-refractivity contribution in [3.63, 3.8) is 0 Å². The van der Waals surface area contributed by atoms with Crippen LogP contribution in [0.25, 0.3) is 0 Å². The topological polar surface area (TPSA) is 254 Å². The predicted octanol–water partition coefficient (Wildman–Crippen LogP) is 3.57. The molecule has 0 aromatic rings. The van der Waals surface area contributed by atoms with Crippen LogP contribution in [0, 0.1) is 35.5 Å². The lowest BCUT2D eigenvalue weighted by Crippen LogP contribution is -2.55. The molecule has 18 atom stereocenters. The van der Waals surface area contributed by atoms with Crippen LogP contribution in [0.1, 0.15) is 157 Å². The third kappa shape index (κ3) is 17.3. The highest BCUT2D eigenvalue weighted by molar-refractivity contribution is 8.00. The number of hydrogen-bond acceptors (Lipinski definition) is 21. The van der Waals surface area contributed by atoms with Gasteiger partial charge in [-0.05, 0) is 199 Å². The van der Waals surface area contributed by atoms with Crippen molar-refractivity contribution in [1.29, 1.82) is 0 Å². The molecule has 3 amide bonds. The maximum atomic E-state index is 12.1. The van der Waals surface area contributed by atoms with Crippen LogP contribution >= 0.6 is 23.5 Å². The minimum Gasteiger partial charge on any atom is -0.357 e. The Kier molecular flexibility index (Phi) is 27.3. The maximum Gasteiger partial charge on any atom is 0.238 e. The Bertz CT molecular complexity index is 2110. The van der Waals surface area contributed by atoms with E-state index in [1.54, 1.807) is 25.7 Å². The Morgan fingerprint density at radius 2 is 0.724 bits per heavy atom. The summed E-state index contributed by atoms with van der Waals surface area (Å²) in [6.45, 7) is 12.8. The van der Waals surface area contributed by atoms with E-state index in [0.717, 1.165) is 114 Å². The number of amides is 3. The van der Waals surface area contributed by atoms with Crippen molar-refractivity contribution >= 4 is 75.9 Å². The average molecular weight is 1260 g/mol.